The predicted molar refractivity (Wildman–Crippen MR) is 116 cm³/mol. The van der Waals surface area contributed by atoms with Gasteiger partial charge in [-0.3, -0.25) is 4.79 Å². The maximum absolute atomic E-state index is 13.3. The first-order valence-electron chi connectivity index (χ1n) is 10.7. The number of benzene rings is 1. The summed E-state index contributed by atoms with van der Waals surface area (Å²) in [5.74, 6) is 1.62. The molecule has 0 bridgehead atoms. The third-order valence-electron chi connectivity index (χ3n) is 5.47. The van der Waals surface area contributed by atoms with Crippen LogP contribution in [0.2, 0.25) is 0 Å². The van der Waals surface area contributed by atoms with Crippen LogP contribution in [-0.4, -0.2) is 45.2 Å². The van der Waals surface area contributed by atoms with Gasteiger partial charge < -0.3 is 14.8 Å². The second-order valence-electron chi connectivity index (χ2n) is 8.39. The van der Waals surface area contributed by atoms with Gasteiger partial charge in [0.15, 0.2) is 5.82 Å². The van der Waals surface area contributed by atoms with Gasteiger partial charge in [-0.25, -0.2) is 4.39 Å². The Balaban J connectivity index is 1.52. The van der Waals surface area contributed by atoms with Gasteiger partial charge >= 0.3 is 0 Å². The fourth-order valence-electron chi connectivity index (χ4n) is 3.82. The number of carbonyl (C=O) groups excluding carboxylic acids is 1. The predicted octanol–water partition coefficient (Wildman–Crippen LogP) is 3.59. The van der Waals surface area contributed by atoms with E-state index in [0.29, 0.717) is 11.5 Å². The van der Waals surface area contributed by atoms with E-state index < -0.39 is 5.82 Å². The zero-order valence-electron chi connectivity index (χ0n) is 18.2. The van der Waals surface area contributed by atoms with Crippen molar-refractivity contribution in [1.29, 1.82) is 0 Å². The van der Waals surface area contributed by atoms with E-state index in [0.717, 1.165) is 50.7 Å². The first kappa shape index (κ1) is 22.2. The number of nitrogens with one attached hydrogen (secondary N) is 1. The molecule has 1 aromatic carbocycles. The molecule has 7 heteroatoms. The molecule has 2 aromatic rings. The van der Waals surface area contributed by atoms with Crippen LogP contribution in [0.1, 0.15) is 55.6 Å². The van der Waals surface area contributed by atoms with Crippen LogP contribution in [-0.2, 0) is 19.5 Å². The Morgan fingerprint density at radius 3 is 2.87 bits per heavy atom. The summed E-state index contributed by atoms with van der Waals surface area (Å²) < 4.78 is 15.4. The lowest BCUT2D eigenvalue weighted by molar-refractivity contribution is 0.0949. The van der Waals surface area contributed by atoms with Gasteiger partial charge in [-0.05, 0) is 50.8 Å². The molecule has 0 saturated heterocycles. The summed E-state index contributed by atoms with van der Waals surface area (Å²) >= 11 is 0. The highest BCUT2D eigenvalue weighted by Crippen LogP contribution is 2.14. The number of fused-ring (bicyclic) bond motifs is 1. The number of rotatable bonds is 8. The lowest BCUT2D eigenvalue weighted by Crippen LogP contribution is -2.32. The number of aromatic nitrogens is 3. The van der Waals surface area contributed by atoms with Crippen LogP contribution in [0.15, 0.2) is 35.9 Å². The van der Waals surface area contributed by atoms with Crippen molar-refractivity contribution in [2.45, 2.75) is 53.1 Å². The number of hydrogen-bond donors (Lipinski definition) is 1. The second kappa shape index (κ2) is 10.5. The normalized spacial score (nSPS) is 15.2. The van der Waals surface area contributed by atoms with Crippen molar-refractivity contribution in [3.05, 3.63) is 58.9 Å². The average molecular weight is 414 g/mol. The molecule has 3 rings (SSSR count). The lowest BCUT2D eigenvalue weighted by atomic mass is 10.0. The Bertz CT molecular complexity index is 887. The van der Waals surface area contributed by atoms with E-state index in [9.17, 15) is 9.18 Å². The summed E-state index contributed by atoms with van der Waals surface area (Å²) in [6.07, 6.45) is 5.50. The average Bonchev–Trinajstić information content (AvgIpc) is 2.98. The molecule has 0 aliphatic carbocycles. The number of nitrogens with zero attached hydrogens (tertiary/aromatic N) is 4. The van der Waals surface area contributed by atoms with E-state index in [4.69, 9.17) is 0 Å². The van der Waals surface area contributed by atoms with Gasteiger partial charge in [0.25, 0.3) is 5.91 Å². The van der Waals surface area contributed by atoms with Crippen molar-refractivity contribution < 1.29 is 9.18 Å². The third-order valence-corrected chi connectivity index (χ3v) is 5.47. The molecule has 1 aliphatic heterocycles. The summed E-state index contributed by atoms with van der Waals surface area (Å²) in [6.45, 7) is 10.7. The van der Waals surface area contributed by atoms with Crippen molar-refractivity contribution in [2.24, 2.45) is 5.92 Å². The molecule has 1 aliphatic rings. The first-order valence-corrected chi connectivity index (χ1v) is 10.7. The van der Waals surface area contributed by atoms with Crippen molar-refractivity contribution in [3.63, 3.8) is 0 Å². The maximum Gasteiger partial charge on any atom is 0.251 e. The van der Waals surface area contributed by atoms with E-state index in [1.807, 2.05) is 0 Å². The van der Waals surface area contributed by atoms with E-state index in [2.05, 4.69) is 51.8 Å². The van der Waals surface area contributed by atoms with E-state index in [-0.39, 0.29) is 12.5 Å². The highest BCUT2D eigenvalue weighted by Gasteiger charge is 2.20. The van der Waals surface area contributed by atoms with Crippen LogP contribution >= 0.6 is 0 Å². The zero-order valence-corrected chi connectivity index (χ0v) is 18.2. The Kier molecular flexibility index (Phi) is 7.74. The lowest BCUT2D eigenvalue weighted by Gasteiger charge is -2.23. The molecule has 0 saturated carbocycles. The molecular weight excluding hydrogens is 381 g/mol. The zero-order chi connectivity index (χ0) is 21.5. The maximum atomic E-state index is 13.3. The third kappa shape index (κ3) is 6.23. The summed E-state index contributed by atoms with van der Waals surface area (Å²) in [7, 11) is 0. The van der Waals surface area contributed by atoms with Crippen LogP contribution in [0.3, 0.4) is 0 Å². The Hall–Kier alpha value is -2.54. The van der Waals surface area contributed by atoms with E-state index >= 15 is 0 Å². The monoisotopic (exact) mass is 413 g/mol. The Labute approximate surface area is 178 Å². The number of carbonyl (C=O) groups is 1. The Morgan fingerprint density at radius 2 is 2.10 bits per heavy atom. The minimum atomic E-state index is -0.422. The molecule has 2 heterocycles. The number of amides is 1. The minimum absolute atomic E-state index is 0.279. The summed E-state index contributed by atoms with van der Waals surface area (Å²) in [4.78, 5) is 14.8. The largest absolute Gasteiger partial charge is 0.345 e. The fraction of sp³-hybridized carbons (Fsp3) is 0.522. The number of hydrogen-bond acceptors (Lipinski definition) is 4. The number of allylic oxidation sites excluding steroid dienone is 2. The quantitative estimate of drug-likeness (QED) is 0.672. The van der Waals surface area contributed by atoms with Gasteiger partial charge in [0.05, 0.1) is 6.54 Å². The van der Waals surface area contributed by atoms with Gasteiger partial charge in [-0.15, -0.1) is 10.2 Å². The molecular formula is C23H32FN5O. The van der Waals surface area contributed by atoms with Gasteiger partial charge in [0, 0.05) is 38.2 Å². The topological polar surface area (TPSA) is 63.1 Å². The molecule has 1 atom stereocenters. The van der Waals surface area contributed by atoms with Crippen LogP contribution in [0.5, 0.6) is 0 Å². The molecule has 30 heavy (non-hydrogen) atoms. The van der Waals surface area contributed by atoms with Crippen molar-refractivity contribution >= 4 is 5.91 Å². The molecule has 1 amide bonds. The standard InChI is InChI=1S/C23H32FN5O/c1-17(2)6-4-7-18(3)16-28-11-10-21-26-27-22(29(21)13-12-28)15-25-23(30)19-8-5-9-20(24)14-19/h5-6,8-9,14,18H,4,7,10-13,15-16H2,1-3H3,(H,25,30)/t18-/m0/s1. The molecule has 0 radical (unpaired) electrons. The van der Waals surface area contributed by atoms with E-state index in [1.165, 1.54) is 30.2 Å². The van der Waals surface area contributed by atoms with Crippen LogP contribution in [0.25, 0.3) is 0 Å². The molecule has 0 unspecified atom stereocenters. The van der Waals surface area contributed by atoms with Crippen molar-refractivity contribution in [3.8, 4) is 0 Å². The SMILES string of the molecule is CC(C)=CCC[C@H](C)CN1CCc2nnc(CNC(=O)c3cccc(F)c3)n2CC1. The van der Waals surface area contributed by atoms with E-state index in [1.54, 1.807) is 6.07 Å². The molecule has 0 fully saturated rings. The van der Waals surface area contributed by atoms with Gasteiger partial charge in [-0.2, -0.15) is 0 Å². The molecule has 0 spiro atoms. The van der Waals surface area contributed by atoms with Crippen LogP contribution in [0, 0.1) is 11.7 Å². The van der Waals surface area contributed by atoms with Crippen molar-refractivity contribution in [1.82, 2.24) is 25.0 Å². The second-order valence-corrected chi connectivity index (χ2v) is 8.39. The highest BCUT2D eigenvalue weighted by atomic mass is 19.1. The van der Waals surface area contributed by atoms with Gasteiger partial charge in [0.1, 0.15) is 11.6 Å². The van der Waals surface area contributed by atoms with Gasteiger partial charge in [-0.1, -0.05) is 24.6 Å². The Morgan fingerprint density at radius 1 is 1.27 bits per heavy atom. The van der Waals surface area contributed by atoms with Gasteiger partial charge in [0.2, 0.25) is 0 Å². The summed E-state index contributed by atoms with van der Waals surface area (Å²) in [5, 5.41) is 11.4. The fourth-order valence-corrected chi connectivity index (χ4v) is 3.82. The smallest absolute Gasteiger partial charge is 0.251 e. The minimum Gasteiger partial charge on any atom is -0.345 e. The molecule has 6 nitrogen and oxygen atoms in total. The summed E-state index contributed by atoms with van der Waals surface area (Å²) in [6, 6.07) is 5.68. The molecule has 1 N–H and O–H groups in total. The molecule has 162 valence electrons. The highest BCUT2D eigenvalue weighted by molar-refractivity contribution is 5.94. The number of halogens is 1. The van der Waals surface area contributed by atoms with Crippen LogP contribution < -0.4 is 5.32 Å². The molecule has 1 aromatic heterocycles. The first-order chi connectivity index (χ1) is 14.4. The summed E-state index contributed by atoms with van der Waals surface area (Å²) in [5.41, 5.74) is 1.69. The van der Waals surface area contributed by atoms with Crippen molar-refractivity contribution in [2.75, 3.05) is 19.6 Å². The van der Waals surface area contributed by atoms with Crippen LogP contribution in [0.4, 0.5) is 4.39 Å².